The number of halogens is 3. The lowest BCUT2D eigenvalue weighted by Gasteiger charge is -2.32. The van der Waals surface area contributed by atoms with Gasteiger partial charge >= 0.3 is 6.18 Å². The molecule has 0 saturated carbocycles. The van der Waals surface area contributed by atoms with Crippen LogP contribution in [-0.2, 0) is 12.7 Å². The van der Waals surface area contributed by atoms with E-state index >= 15 is 0 Å². The molecule has 1 amide bonds. The van der Waals surface area contributed by atoms with Crippen LogP contribution in [0.1, 0.15) is 40.0 Å². The zero-order valence-corrected chi connectivity index (χ0v) is 16.4. The highest BCUT2D eigenvalue weighted by atomic mass is 19.4. The molecular weight excluding hydrogens is 399 g/mol. The normalized spacial score (nSPS) is 17.5. The van der Waals surface area contributed by atoms with Crippen molar-refractivity contribution < 1.29 is 22.7 Å². The van der Waals surface area contributed by atoms with Crippen molar-refractivity contribution in [3.05, 3.63) is 46.9 Å². The van der Waals surface area contributed by atoms with Crippen LogP contribution < -0.4 is 15.4 Å². The highest BCUT2D eigenvalue weighted by molar-refractivity contribution is 5.94. The molecule has 0 aliphatic carbocycles. The van der Waals surface area contributed by atoms with Gasteiger partial charge in [-0.15, -0.1) is 0 Å². The summed E-state index contributed by atoms with van der Waals surface area (Å²) < 4.78 is 44.8. The number of aromatic nitrogens is 2. The smallest absolute Gasteiger partial charge is 0.416 e. The Morgan fingerprint density at radius 2 is 1.97 bits per heavy atom. The van der Waals surface area contributed by atoms with Crippen molar-refractivity contribution in [1.29, 1.82) is 0 Å². The molecule has 2 aromatic rings. The summed E-state index contributed by atoms with van der Waals surface area (Å²) in [6.45, 7) is 3.17. The summed E-state index contributed by atoms with van der Waals surface area (Å²) in [5.74, 6) is 0.678. The lowest BCUT2D eigenvalue weighted by atomic mass is 10.0. The van der Waals surface area contributed by atoms with Gasteiger partial charge in [-0.1, -0.05) is 0 Å². The third kappa shape index (κ3) is 3.91. The van der Waals surface area contributed by atoms with Crippen molar-refractivity contribution >= 4 is 11.7 Å². The first kappa shape index (κ1) is 20.4. The van der Waals surface area contributed by atoms with Crippen molar-refractivity contribution in [1.82, 2.24) is 14.9 Å². The van der Waals surface area contributed by atoms with Gasteiger partial charge in [0, 0.05) is 30.3 Å². The number of rotatable bonds is 2. The lowest BCUT2D eigenvalue weighted by molar-refractivity contribution is -0.137. The van der Waals surface area contributed by atoms with Crippen molar-refractivity contribution in [3.63, 3.8) is 0 Å². The molecule has 3 heterocycles. The standard InChI is InChI=1S/C20H22F3N5O2/c1-12-17(19(29)27-6-4-15(24)5-7-27)25-10-26-18(12)28-9-13-8-14(20(21,22)23)2-3-16(13)30-11-28/h2-3,8,10,15H,4-7,9,11,24H2,1H3. The van der Waals surface area contributed by atoms with Gasteiger partial charge in [0.1, 0.15) is 23.6 Å². The number of carbonyl (C=O) groups is 1. The first-order valence-corrected chi connectivity index (χ1v) is 9.68. The average Bonchev–Trinajstić information content (AvgIpc) is 2.72. The molecule has 0 bridgehead atoms. The minimum absolute atomic E-state index is 0.100. The Hall–Kier alpha value is -2.88. The van der Waals surface area contributed by atoms with Crippen molar-refractivity contribution in [3.8, 4) is 5.75 Å². The van der Waals surface area contributed by atoms with Gasteiger partial charge in [-0.05, 0) is 38.0 Å². The van der Waals surface area contributed by atoms with E-state index in [9.17, 15) is 18.0 Å². The molecule has 0 unspecified atom stereocenters. The van der Waals surface area contributed by atoms with E-state index in [4.69, 9.17) is 10.5 Å². The second kappa shape index (κ2) is 7.75. The van der Waals surface area contributed by atoms with E-state index < -0.39 is 11.7 Å². The molecular formula is C20H22F3N5O2. The van der Waals surface area contributed by atoms with Crippen LogP contribution in [0.25, 0.3) is 0 Å². The number of fused-ring (bicyclic) bond motifs is 1. The van der Waals surface area contributed by atoms with Crippen LogP contribution in [0.5, 0.6) is 5.75 Å². The molecule has 2 aliphatic rings. The van der Waals surface area contributed by atoms with Crippen molar-refractivity contribution in [2.75, 3.05) is 24.7 Å². The maximum atomic E-state index is 13.1. The fourth-order valence-corrected chi connectivity index (χ4v) is 3.78. The number of hydrogen-bond acceptors (Lipinski definition) is 6. The molecule has 0 radical (unpaired) electrons. The third-order valence-corrected chi connectivity index (χ3v) is 5.51. The van der Waals surface area contributed by atoms with Gasteiger partial charge < -0.3 is 20.3 Å². The number of amides is 1. The minimum atomic E-state index is -4.43. The van der Waals surface area contributed by atoms with Crippen LogP contribution in [0.2, 0.25) is 0 Å². The lowest BCUT2D eigenvalue weighted by Crippen LogP contribution is -2.43. The summed E-state index contributed by atoms with van der Waals surface area (Å²) in [6.07, 6.45) is -1.66. The van der Waals surface area contributed by atoms with Gasteiger partial charge in [0.15, 0.2) is 6.73 Å². The summed E-state index contributed by atoms with van der Waals surface area (Å²) in [5, 5.41) is 0. The predicted octanol–water partition coefficient (Wildman–Crippen LogP) is 2.72. The fraction of sp³-hybridized carbons (Fsp3) is 0.450. The molecule has 1 fully saturated rings. The predicted molar refractivity (Wildman–Crippen MR) is 103 cm³/mol. The Balaban J connectivity index is 1.58. The van der Waals surface area contributed by atoms with Crippen LogP contribution >= 0.6 is 0 Å². The number of carbonyl (C=O) groups excluding carboxylic acids is 1. The minimum Gasteiger partial charge on any atom is -0.473 e. The number of ether oxygens (including phenoxy) is 1. The van der Waals surface area contributed by atoms with E-state index in [1.807, 2.05) is 0 Å². The molecule has 1 aromatic carbocycles. The Morgan fingerprint density at radius 1 is 1.23 bits per heavy atom. The number of anilines is 1. The summed E-state index contributed by atoms with van der Waals surface area (Å²) in [4.78, 5) is 24.8. The number of nitrogens with zero attached hydrogens (tertiary/aromatic N) is 4. The molecule has 30 heavy (non-hydrogen) atoms. The SMILES string of the molecule is Cc1c(C(=O)N2CCC(N)CC2)ncnc1N1COc2ccc(C(F)(F)F)cc2C1. The topological polar surface area (TPSA) is 84.6 Å². The van der Waals surface area contributed by atoms with Crippen molar-refractivity contribution in [2.24, 2.45) is 5.73 Å². The summed E-state index contributed by atoms with van der Waals surface area (Å²) in [6, 6.07) is 3.52. The van der Waals surface area contributed by atoms with E-state index in [2.05, 4.69) is 9.97 Å². The first-order valence-electron chi connectivity index (χ1n) is 9.68. The highest BCUT2D eigenvalue weighted by Crippen LogP contribution is 2.35. The summed E-state index contributed by atoms with van der Waals surface area (Å²) in [5.41, 5.74) is 6.44. The second-order valence-corrected chi connectivity index (χ2v) is 7.59. The first-order chi connectivity index (χ1) is 14.2. The van der Waals surface area contributed by atoms with Gasteiger partial charge in [0.05, 0.1) is 12.1 Å². The van der Waals surface area contributed by atoms with Crippen LogP contribution in [0.3, 0.4) is 0 Å². The quantitative estimate of drug-likeness (QED) is 0.803. The third-order valence-electron chi connectivity index (χ3n) is 5.51. The van der Waals surface area contributed by atoms with Gasteiger partial charge in [0.2, 0.25) is 0 Å². The molecule has 7 nitrogen and oxygen atoms in total. The number of likely N-dealkylation sites (tertiary alicyclic amines) is 1. The monoisotopic (exact) mass is 421 g/mol. The van der Waals surface area contributed by atoms with Gasteiger partial charge in [-0.25, -0.2) is 9.97 Å². The molecule has 10 heteroatoms. The van der Waals surface area contributed by atoms with E-state index in [0.717, 1.165) is 25.0 Å². The number of alkyl halides is 3. The summed E-state index contributed by atoms with van der Waals surface area (Å²) >= 11 is 0. The van der Waals surface area contributed by atoms with E-state index in [0.29, 0.717) is 35.8 Å². The average molecular weight is 421 g/mol. The van der Waals surface area contributed by atoms with Crippen molar-refractivity contribution in [2.45, 2.75) is 38.5 Å². The van der Waals surface area contributed by atoms with E-state index in [1.165, 1.54) is 12.4 Å². The Labute approximate surface area is 171 Å². The maximum absolute atomic E-state index is 13.1. The molecule has 2 aliphatic heterocycles. The van der Waals surface area contributed by atoms with E-state index in [-0.39, 0.29) is 30.9 Å². The second-order valence-electron chi connectivity index (χ2n) is 7.59. The van der Waals surface area contributed by atoms with Crippen LogP contribution in [0, 0.1) is 6.92 Å². The van der Waals surface area contributed by atoms with Crippen LogP contribution in [0.15, 0.2) is 24.5 Å². The molecule has 2 N–H and O–H groups in total. The molecule has 4 rings (SSSR count). The zero-order chi connectivity index (χ0) is 21.5. The van der Waals surface area contributed by atoms with Gasteiger partial charge in [0.25, 0.3) is 5.91 Å². The Morgan fingerprint density at radius 3 is 2.67 bits per heavy atom. The Bertz CT molecular complexity index is 958. The van der Waals surface area contributed by atoms with E-state index in [1.54, 1.807) is 16.7 Å². The zero-order valence-electron chi connectivity index (χ0n) is 16.4. The molecule has 1 saturated heterocycles. The summed E-state index contributed by atoms with van der Waals surface area (Å²) in [7, 11) is 0. The number of nitrogens with two attached hydrogens (primary N) is 1. The van der Waals surface area contributed by atoms with Crippen LogP contribution in [-0.4, -0.2) is 46.6 Å². The maximum Gasteiger partial charge on any atom is 0.416 e. The molecule has 0 atom stereocenters. The van der Waals surface area contributed by atoms with Gasteiger partial charge in [-0.2, -0.15) is 13.2 Å². The molecule has 160 valence electrons. The highest BCUT2D eigenvalue weighted by Gasteiger charge is 2.33. The van der Waals surface area contributed by atoms with Gasteiger partial charge in [-0.3, -0.25) is 4.79 Å². The fourth-order valence-electron chi connectivity index (χ4n) is 3.78. The number of piperidine rings is 1. The number of hydrogen-bond donors (Lipinski definition) is 1. The van der Waals surface area contributed by atoms with Crippen LogP contribution in [0.4, 0.5) is 19.0 Å². The largest absolute Gasteiger partial charge is 0.473 e. The molecule has 0 spiro atoms. The number of benzene rings is 1. The Kier molecular flexibility index (Phi) is 5.27. The molecule has 1 aromatic heterocycles.